The van der Waals surface area contributed by atoms with Gasteiger partial charge < -0.3 is 9.64 Å². The minimum Gasteiger partial charge on any atom is -0.439 e. The quantitative estimate of drug-likeness (QED) is 0.537. The molecule has 0 unspecified atom stereocenters. The molecule has 0 aliphatic heterocycles. The molecule has 0 spiro atoms. The van der Waals surface area contributed by atoms with Gasteiger partial charge in [-0.25, -0.2) is 4.68 Å². The standard InChI is InChI=1S/C24H27N3O2/c1-3-16-26(23(28)19-14-15-19)17-22-18(2)25-27(20-10-6-4-7-11-20)24(22)29-21-12-8-5-9-13-21/h4-13,19H,3,14-17H2,1-2H3. The first kappa shape index (κ1) is 19.2. The molecule has 150 valence electrons. The van der Waals surface area contributed by atoms with E-state index < -0.39 is 0 Å². The highest BCUT2D eigenvalue weighted by atomic mass is 16.5. The Balaban J connectivity index is 1.73. The number of nitrogens with zero attached hydrogens (tertiary/aromatic N) is 3. The number of aryl methyl sites for hydroxylation is 1. The molecule has 1 amide bonds. The van der Waals surface area contributed by atoms with E-state index in [0.717, 1.165) is 48.5 Å². The van der Waals surface area contributed by atoms with Gasteiger partial charge >= 0.3 is 0 Å². The normalized spacial score (nSPS) is 13.3. The highest BCUT2D eigenvalue weighted by Crippen LogP contribution is 2.34. The lowest BCUT2D eigenvalue weighted by atomic mass is 10.2. The molecule has 0 atom stereocenters. The number of amides is 1. The monoisotopic (exact) mass is 389 g/mol. The van der Waals surface area contributed by atoms with Crippen LogP contribution in [0.15, 0.2) is 60.7 Å². The van der Waals surface area contributed by atoms with Crippen LogP contribution in [0.5, 0.6) is 11.6 Å². The maximum Gasteiger partial charge on any atom is 0.227 e. The van der Waals surface area contributed by atoms with Crippen molar-refractivity contribution in [3.8, 4) is 17.3 Å². The van der Waals surface area contributed by atoms with E-state index in [-0.39, 0.29) is 11.8 Å². The number of hydrogen-bond acceptors (Lipinski definition) is 3. The van der Waals surface area contributed by atoms with Gasteiger partial charge in [0.05, 0.1) is 23.5 Å². The van der Waals surface area contributed by atoms with Crippen LogP contribution in [-0.4, -0.2) is 27.1 Å². The van der Waals surface area contributed by atoms with E-state index in [0.29, 0.717) is 12.4 Å². The van der Waals surface area contributed by atoms with Gasteiger partial charge in [-0.2, -0.15) is 5.10 Å². The van der Waals surface area contributed by atoms with E-state index in [4.69, 9.17) is 9.84 Å². The molecule has 1 aliphatic rings. The summed E-state index contributed by atoms with van der Waals surface area (Å²) in [4.78, 5) is 14.8. The summed E-state index contributed by atoms with van der Waals surface area (Å²) in [6, 6.07) is 19.7. The second kappa shape index (κ2) is 8.52. The lowest BCUT2D eigenvalue weighted by Gasteiger charge is -2.22. The van der Waals surface area contributed by atoms with Gasteiger partial charge in [0, 0.05) is 12.5 Å². The van der Waals surface area contributed by atoms with E-state index in [1.54, 1.807) is 0 Å². The molecule has 2 aromatic carbocycles. The number of aromatic nitrogens is 2. The first-order valence-electron chi connectivity index (χ1n) is 10.3. The Labute approximate surface area is 171 Å². The van der Waals surface area contributed by atoms with E-state index in [2.05, 4.69) is 6.92 Å². The topological polar surface area (TPSA) is 47.4 Å². The second-order valence-corrected chi connectivity index (χ2v) is 7.57. The summed E-state index contributed by atoms with van der Waals surface area (Å²) in [6.07, 6.45) is 2.95. The zero-order valence-corrected chi connectivity index (χ0v) is 17.0. The molecule has 0 radical (unpaired) electrons. The van der Waals surface area contributed by atoms with Crippen molar-refractivity contribution in [1.29, 1.82) is 0 Å². The largest absolute Gasteiger partial charge is 0.439 e. The Bertz CT molecular complexity index is 963. The summed E-state index contributed by atoms with van der Waals surface area (Å²) in [6.45, 7) is 5.35. The molecule has 5 heteroatoms. The van der Waals surface area contributed by atoms with Crippen LogP contribution in [0, 0.1) is 12.8 Å². The number of benzene rings is 2. The number of ether oxygens (including phenoxy) is 1. The minimum absolute atomic E-state index is 0.199. The minimum atomic E-state index is 0.199. The summed E-state index contributed by atoms with van der Waals surface area (Å²) in [5.74, 6) is 1.87. The first-order valence-corrected chi connectivity index (χ1v) is 10.3. The Morgan fingerprint density at radius 3 is 2.38 bits per heavy atom. The molecule has 1 fully saturated rings. The van der Waals surface area contributed by atoms with Crippen molar-refractivity contribution in [3.05, 3.63) is 71.9 Å². The Morgan fingerprint density at radius 1 is 1.10 bits per heavy atom. The summed E-state index contributed by atoms with van der Waals surface area (Å²) in [5, 5.41) is 4.76. The maximum atomic E-state index is 12.8. The van der Waals surface area contributed by atoms with Crippen LogP contribution >= 0.6 is 0 Å². The smallest absolute Gasteiger partial charge is 0.227 e. The average Bonchev–Trinajstić information content (AvgIpc) is 3.56. The van der Waals surface area contributed by atoms with E-state index in [9.17, 15) is 4.79 Å². The Hall–Kier alpha value is -3.08. The predicted molar refractivity (Wildman–Crippen MR) is 113 cm³/mol. The summed E-state index contributed by atoms with van der Waals surface area (Å²) in [5.41, 5.74) is 2.77. The van der Waals surface area contributed by atoms with Crippen LogP contribution in [0.2, 0.25) is 0 Å². The van der Waals surface area contributed by atoms with Crippen molar-refractivity contribution < 1.29 is 9.53 Å². The van der Waals surface area contributed by atoms with Gasteiger partial charge in [0.1, 0.15) is 5.75 Å². The highest BCUT2D eigenvalue weighted by molar-refractivity contribution is 5.81. The molecule has 1 saturated carbocycles. The fourth-order valence-corrected chi connectivity index (χ4v) is 3.49. The zero-order chi connectivity index (χ0) is 20.2. The van der Waals surface area contributed by atoms with E-state index >= 15 is 0 Å². The molecule has 1 heterocycles. The lowest BCUT2D eigenvalue weighted by molar-refractivity contribution is -0.133. The van der Waals surface area contributed by atoms with Crippen molar-refractivity contribution in [2.24, 2.45) is 5.92 Å². The van der Waals surface area contributed by atoms with Gasteiger partial charge in [-0.05, 0) is 50.5 Å². The number of hydrogen-bond donors (Lipinski definition) is 0. The van der Waals surface area contributed by atoms with Gasteiger partial charge in [-0.15, -0.1) is 0 Å². The third kappa shape index (κ3) is 4.34. The molecule has 29 heavy (non-hydrogen) atoms. The molecule has 3 aromatic rings. The summed E-state index contributed by atoms with van der Waals surface area (Å²) >= 11 is 0. The average molecular weight is 389 g/mol. The third-order valence-corrected chi connectivity index (χ3v) is 5.18. The predicted octanol–water partition coefficient (Wildman–Crippen LogP) is 5.12. The van der Waals surface area contributed by atoms with Crippen LogP contribution < -0.4 is 4.74 Å². The number of carbonyl (C=O) groups excluding carboxylic acids is 1. The maximum absolute atomic E-state index is 12.8. The van der Waals surface area contributed by atoms with Gasteiger partial charge in [0.2, 0.25) is 11.8 Å². The van der Waals surface area contributed by atoms with Crippen LogP contribution in [0.4, 0.5) is 0 Å². The third-order valence-electron chi connectivity index (χ3n) is 5.18. The van der Waals surface area contributed by atoms with Crippen molar-refractivity contribution >= 4 is 5.91 Å². The lowest BCUT2D eigenvalue weighted by Crippen LogP contribution is -2.32. The van der Waals surface area contributed by atoms with Gasteiger partial charge in [-0.1, -0.05) is 43.3 Å². The van der Waals surface area contributed by atoms with Crippen molar-refractivity contribution in [3.63, 3.8) is 0 Å². The Kier molecular flexibility index (Phi) is 5.65. The molecule has 4 rings (SSSR count). The van der Waals surface area contributed by atoms with Crippen LogP contribution in [-0.2, 0) is 11.3 Å². The van der Waals surface area contributed by atoms with E-state index in [1.165, 1.54) is 0 Å². The molecule has 0 N–H and O–H groups in total. The van der Waals surface area contributed by atoms with Crippen LogP contribution in [0.1, 0.15) is 37.4 Å². The molecule has 1 aliphatic carbocycles. The molecular weight excluding hydrogens is 362 g/mol. The molecule has 0 bridgehead atoms. The summed E-state index contributed by atoms with van der Waals surface area (Å²) < 4.78 is 8.15. The van der Waals surface area contributed by atoms with Gasteiger partial charge in [-0.3, -0.25) is 4.79 Å². The second-order valence-electron chi connectivity index (χ2n) is 7.57. The fraction of sp³-hybridized carbons (Fsp3) is 0.333. The summed E-state index contributed by atoms with van der Waals surface area (Å²) in [7, 11) is 0. The van der Waals surface area contributed by atoms with Crippen LogP contribution in [0.3, 0.4) is 0 Å². The number of rotatable bonds is 8. The Morgan fingerprint density at radius 2 is 1.76 bits per heavy atom. The molecule has 1 aromatic heterocycles. The molecule has 0 saturated heterocycles. The first-order chi connectivity index (χ1) is 14.2. The van der Waals surface area contributed by atoms with Gasteiger partial charge in [0.15, 0.2) is 0 Å². The molecule has 5 nitrogen and oxygen atoms in total. The van der Waals surface area contributed by atoms with Crippen molar-refractivity contribution in [2.75, 3.05) is 6.54 Å². The fourth-order valence-electron chi connectivity index (χ4n) is 3.49. The molecular formula is C24H27N3O2. The van der Waals surface area contributed by atoms with E-state index in [1.807, 2.05) is 77.2 Å². The van der Waals surface area contributed by atoms with Crippen LogP contribution in [0.25, 0.3) is 5.69 Å². The SMILES string of the molecule is CCCN(Cc1c(C)nn(-c2ccccc2)c1Oc1ccccc1)C(=O)C1CC1. The highest BCUT2D eigenvalue weighted by Gasteiger charge is 2.34. The van der Waals surface area contributed by atoms with Crippen molar-refractivity contribution in [2.45, 2.75) is 39.7 Å². The van der Waals surface area contributed by atoms with Crippen molar-refractivity contribution in [1.82, 2.24) is 14.7 Å². The zero-order valence-electron chi connectivity index (χ0n) is 17.0. The number of para-hydroxylation sites is 2. The van der Waals surface area contributed by atoms with Gasteiger partial charge in [0.25, 0.3) is 0 Å². The number of carbonyl (C=O) groups is 1.